The molecule has 1 saturated heterocycles. The molecule has 1 unspecified atom stereocenters. The molecule has 0 spiro atoms. The Morgan fingerprint density at radius 2 is 1.79 bits per heavy atom. The molecule has 1 N–H and O–H groups in total. The van der Waals surface area contributed by atoms with Crippen LogP contribution in [0.15, 0.2) is 54.6 Å². The van der Waals surface area contributed by atoms with Crippen LogP contribution in [0.5, 0.6) is 11.5 Å². The average Bonchev–Trinajstić information content (AvgIpc) is 3.11. The molecule has 0 saturated carbocycles. The number of anilines is 1. The molecule has 0 aromatic heterocycles. The number of hydrogen-bond acceptors (Lipinski definition) is 4. The topological polar surface area (TPSA) is 67.9 Å². The number of ether oxygens (including phenoxy) is 2. The number of carbonyl (C=O) groups excluding carboxylic acids is 2. The first-order chi connectivity index (χ1) is 13.7. The standard InChI is InChI=1S/C22H26N2O4/c1-27-16-6-5-15-23-22(26)20-13-14-21(25)24(20)17-9-11-19(12-10-17)28-18-7-3-2-4-8-18/h2-4,7-12,20H,5-6,13-16H2,1H3,(H,23,26). The van der Waals surface area contributed by atoms with Crippen molar-refractivity contribution in [3.8, 4) is 11.5 Å². The molecule has 6 heteroatoms. The number of unbranched alkanes of at least 4 members (excludes halogenated alkanes) is 1. The lowest BCUT2D eigenvalue weighted by Gasteiger charge is -2.24. The number of nitrogens with one attached hydrogen (secondary N) is 1. The van der Waals surface area contributed by atoms with E-state index >= 15 is 0 Å². The van der Waals surface area contributed by atoms with Crippen molar-refractivity contribution in [2.75, 3.05) is 25.2 Å². The maximum atomic E-state index is 12.6. The van der Waals surface area contributed by atoms with Gasteiger partial charge in [-0.15, -0.1) is 0 Å². The first-order valence-electron chi connectivity index (χ1n) is 9.60. The van der Waals surface area contributed by atoms with Gasteiger partial charge in [0.05, 0.1) is 0 Å². The van der Waals surface area contributed by atoms with Crippen molar-refractivity contribution < 1.29 is 19.1 Å². The number of benzene rings is 2. The summed E-state index contributed by atoms with van der Waals surface area (Å²) < 4.78 is 10.8. The second-order valence-electron chi connectivity index (χ2n) is 6.72. The molecule has 6 nitrogen and oxygen atoms in total. The largest absolute Gasteiger partial charge is 0.457 e. The van der Waals surface area contributed by atoms with Crippen molar-refractivity contribution in [1.29, 1.82) is 0 Å². The predicted octanol–water partition coefficient (Wildman–Crippen LogP) is 3.52. The lowest BCUT2D eigenvalue weighted by molar-refractivity contribution is -0.123. The van der Waals surface area contributed by atoms with E-state index in [2.05, 4.69) is 5.32 Å². The number of methoxy groups -OCH3 is 1. The highest BCUT2D eigenvalue weighted by atomic mass is 16.5. The van der Waals surface area contributed by atoms with Gasteiger partial charge in [-0.3, -0.25) is 14.5 Å². The molecule has 0 radical (unpaired) electrons. The van der Waals surface area contributed by atoms with Crippen LogP contribution >= 0.6 is 0 Å². The van der Waals surface area contributed by atoms with Crippen molar-refractivity contribution in [3.05, 3.63) is 54.6 Å². The third kappa shape index (κ3) is 5.10. The van der Waals surface area contributed by atoms with E-state index < -0.39 is 6.04 Å². The number of nitrogens with zero attached hydrogens (tertiary/aromatic N) is 1. The Bertz CT molecular complexity index is 777. The molecule has 0 aliphatic carbocycles. The highest BCUT2D eigenvalue weighted by molar-refractivity contribution is 6.03. The van der Waals surface area contributed by atoms with E-state index in [1.54, 1.807) is 12.0 Å². The molecule has 1 aliphatic rings. The predicted molar refractivity (Wildman–Crippen MR) is 108 cm³/mol. The van der Waals surface area contributed by atoms with Gasteiger partial charge in [-0.05, 0) is 55.7 Å². The smallest absolute Gasteiger partial charge is 0.243 e. The van der Waals surface area contributed by atoms with E-state index in [0.717, 1.165) is 18.6 Å². The summed E-state index contributed by atoms with van der Waals surface area (Å²) in [5, 5.41) is 2.93. The van der Waals surface area contributed by atoms with Crippen LogP contribution in [0.1, 0.15) is 25.7 Å². The maximum Gasteiger partial charge on any atom is 0.243 e. The van der Waals surface area contributed by atoms with Crippen molar-refractivity contribution in [1.82, 2.24) is 5.32 Å². The lowest BCUT2D eigenvalue weighted by Crippen LogP contribution is -2.45. The van der Waals surface area contributed by atoms with Gasteiger partial charge in [-0.2, -0.15) is 0 Å². The van der Waals surface area contributed by atoms with E-state index in [0.29, 0.717) is 37.4 Å². The monoisotopic (exact) mass is 382 g/mol. The van der Waals surface area contributed by atoms with Crippen LogP contribution in [0.25, 0.3) is 0 Å². The van der Waals surface area contributed by atoms with Gasteiger partial charge in [0.15, 0.2) is 0 Å². The van der Waals surface area contributed by atoms with Crippen molar-refractivity contribution >= 4 is 17.5 Å². The Labute approximate surface area is 165 Å². The third-order valence-electron chi connectivity index (χ3n) is 4.68. The van der Waals surface area contributed by atoms with Gasteiger partial charge >= 0.3 is 0 Å². The van der Waals surface area contributed by atoms with E-state index in [4.69, 9.17) is 9.47 Å². The zero-order valence-electron chi connectivity index (χ0n) is 16.1. The van der Waals surface area contributed by atoms with Crippen molar-refractivity contribution in [3.63, 3.8) is 0 Å². The summed E-state index contributed by atoms with van der Waals surface area (Å²) in [5.41, 5.74) is 0.711. The average molecular weight is 382 g/mol. The first-order valence-corrected chi connectivity index (χ1v) is 9.60. The molecule has 2 aromatic rings. The summed E-state index contributed by atoms with van der Waals surface area (Å²) in [6.45, 7) is 1.27. The number of para-hydroxylation sites is 1. The Kier molecular flexibility index (Phi) is 7.03. The van der Waals surface area contributed by atoms with Crippen LogP contribution in [0.2, 0.25) is 0 Å². The number of hydrogen-bond donors (Lipinski definition) is 1. The van der Waals surface area contributed by atoms with Gasteiger partial charge in [-0.25, -0.2) is 0 Å². The fourth-order valence-electron chi connectivity index (χ4n) is 3.26. The molecule has 0 bridgehead atoms. The van der Waals surface area contributed by atoms with Gasteiger partial charge in [0.1, 0.15) is 17.5 Å². The molecule has 3 rings (SSSR count). The van der Waals surface area contributed by atoms with Crippen LogP contribution < -0.4 is 15.0 Å². The molecule has 1 atom stereocenters. The molecule has 1 fully saturated rings. The van der Waals surface area contributed by atoms with E-state index in [-0.39, 0.29) is 11.8 Å². The van der Waals surface area contributed by atoms with Gasteiger partial charge < -0.3 is 14.8 Å². The molecule has 28 heavy (non-hydrogen) atoms. The molecule has 1 aliphatic heterocycles. The summed E-state index contributed by atoms with van der Waals surface area (Å²) >= 11 is 0. The Hall–Kier alpha value is -2.86. The lowest BCUT2D eigenvalue weighted by atomic mass is 10.2. The molecular weight excluding hydrogens is 356 g/mol. The summed E-state index contributed by atoms with van der Waals surface area (Å²) in [6, 6.07) is 16.3. The quantitative estimate of drug-likeness (QED) is 0.674. The van der Waals surface area contributed by atoms with E-state index in [9.17, 15) is 9.59 Å². The zero-order valence-corrected chi connectivity index (χ0v) is 16.1. The summed E-state index contributed by atoms with van der Waals surface area (Å²) in [4.78, 5) is 26.5. The molecule has 2 amide bonds. The second-order valence-corrected chi connectivity index (χ2v) is 6.72. The maximum absolute atomic E-state index is 12.6. The minimum Gasteiger partial charge on any atom is -0.457 e. The summed E-state index contributed by atoms with van der Waals surface area (Å²) in [7, 11) is 1.66. The second kappa shape index (κ2) is 9.90. The van der Waals surface area contributed by atoms with Crippen LogP contribution in [0, 0.1) is 0 Å². The Morgan fingerprint density at radius 3 is 2.50 bits per heavy atom. The highest BCUT2D eigenvalue weighted by Gasteiger charge is 2.36. The minimum atomic E-state index is -0.462. The molecule has 148 valence electrons. The number of rotatable bonds is 9. The van der Waals surface area contributed by atoms with E-state index in [1.165, 1.54) is 0 Å². The SMILES string of the molecule is COCCCCNC(=O)C1CCC(=O)N1c1ccc(Oc2ccccc2)cc1. The van der Waals surface area contributed by atoms with Crippen LogP contribution in [-0.2, 0) is 14.3 Å². The summed E-state index contributed by atoms with van der Waals surface area (Å²) in [6.07, 6.45) is 2.66. The van der Waals surface area contributed by atoms with Gasteiger partial charge in [-0.1, -0.05) is 18.2 Å². The number of carbonyl (C=O) groups is 2. The van der Waals surface area contributed by atoms with Gasteiger partial charge in [0, 0.05) is 32.4 Å². The van der Waals surface area contributed by atoms with E-state index in [1.807, 2.05) is 54.6 Å². The summed E-state index contributed by atoms with van der Waals surface area (Å²) in [5.74, 6) is 1.29. The van der Waals surface area contributed by atoms with Crippen LogP contribution in [-0.4, -0.2) is 38.1 Å². The van der Waals surface area contributed by atoms with Crippen LogP contribution in [0.3, 0.4) is 0 Å². The fourth-order valence-corrected chi connectivity index (χ4v) is 3.26. The zero-order chi connectivity index (χ0) is 19.8. The Balaban J connectivity index is 1.61. The molecular formula is C22H26N2O4. The van der Waals surface area contributed by atoms with Crippen LogP contribution in [0.4, 0.5) is 5.69 Å². The molecule has 2 aromatic carbocycles. The van der Waals surface area contributed by atoms with Crippen molar-refractivity contribution in [2.45, 2.75) is 31.7 Å². The fraction of sp³-hybridized carbons (Fsp3) is 0.364. The van der Waals surface area contributed by atoms with Crippen molar-refractivity contribution in [2.24, 2.45) is 0 Å². The van der Waals surface area contributed by atoms with Gasteiger partial charge in [0.2, 0.25) is 11.8 Å². The first kappa shape index (κ1) is 19.9. The third-order valence-corrected chi connectivity index (χ3v) is 4.68. The Morgan fingerprint density at radius 1 is 1.07 bits per heavy atom. The molecule has 1 heterocycles. The number of amides is 2. The highest BCUT2D eigenvalue weighted by Crippen LogP contribution is 2.29. The van der Waals surface area contributed by atoms with Gasteiger partial charge in [0.25, 0.3) is 0 Å². The normalized spacial score (nSPS) is 16.2. The minimum absolute atomic E-state index is 0.0312.